The number of carbonyl (C=O) groups excluding carboxylic acids is 1. The molecule has 0 aliphatic heterocycles. The van der Waals surface area contributed by atoms with Crippen molar-refractivity contribution in [2.24, 2.45) is 11.3 Å². The molecule has 3 nitrogen and oxygen atoms in total. The van der Waals surface area contributed by atoms with Crippen molar-refractivity contribution < 1.29 is 4.79 Å². The largest absolute Gasteiger partial charge is 0.313 e. The first kappa shape index (κ1) is 22.3. The highest BCUT2D eigenvalue weighted by Gasteiger charge is 2.33. The van der Waals surface area contributed by atoms with Gasteiger partial charge < -0.3 is 5.32 Å². The molecule has 1 amide bonds. The third-order valence-corrected chi connectivity index (χ3v) is 7.83. The Bertz CT molecular complexity index is 974. The Labute approximate surface area is 184 Å². The van der Waals surface area contributed by atoms with Crippen molar-refractivity contribution in [2.75, 3.05) is 5.32 Å². The molecule has 4 heteroatoms. The molecule has 2 aromatic rings. The summed E-state index contributed by atoms with van der Waals surface area (Å²) in [6.07, 6.45) is 7.56. The molecule has 1 unspecified atom stereocenters. The van der Waals surface area contributed by atoms with Crippen LogP contribution in [0.2, 0.25) is 0 Å². The standard InChI is InChI=1S/C26H32N2OS/c1-6-26(4,5)20-12-13-21-22(16-27)25(30-23(21)15-20)28-24(29)14-9-18-7-10-19(11-8-18)17(2)3/h7-11,14,17,20H,6,12-13,15H2,1-5H3,(H,28,29)/b14-9+. The van der Waals surface area contributed by atoms with Crippen LogP contribution >= 0.6 is 11.3 Å². The van der Waals surface area contributed by atoms with Gasteiger partial charge in [0.2, 0.25) is 5.91 Å². The van der Waals surface area contributed by atoms with E-state index in [1.165, 1.54) is 10.4 Å². The first-order valence-corrected chi connectivity index (χ1v) is 11.7. The van der Waals surface area contributed by atoms with Gasteiger partial charge in [-0.3, -0.25) is 4.79 Å². The maximum absolute atomic E-state index is 12.5. The van der Waals surface area contributed by atoms with E-state index in [0.29, 0.717) is 27.8 Å². The van der Waals surface area contributed by atoms with E-state index >= 15 is 0 Å². The van der Waals surface area contributed by atoms with Gasteiger partial charge in [-0.1, -0.05) is 65.3 Å². The van der Waals surface area contributed by atoms with Gasteiger partial charge in [0.25, 0.3) is 0 Å². The molecule has 158 valence electrons. The number of rotatable bonds is 6. The number of nitriles is 1. The Morgan fingerprint density at radius 3 is 2.63 bits per heavy atom. The lowest BCUT2D eigenvalue weighted by Gasteiger charge is -2.36. The second-order valence-electron chi connectivity index (χ2n) is 9.25. The van der Waals surface area contributed by atoms with Gasteiger partial charge >= 0.3 is 0 Å². The van der Waals surface area contributed by atoms with Gasteiger partial charge in [0.15, 0.2) is 0 Å². The zero-order valence-electron chi connectivity index (χ0n) is 18.7. The molecule has 1 aromatic carbocycles. The van der Waals surface area contributed by atoms with Crippen molar-refractivity contribution in [1.82, 2.24) is 0 Å². The molecule has 0 bridgehead atoms. The monoisotopic (exact) mass is 420 g/mol. The molecular formula is C26H32N2OS. The predicted molar refractivity (Wildman–Crippen MR) is 127 cm³/mol. The molecule has 0 fully saturated rings. The fraction of sp³-hybridized carbons (Fsp3) is 0.462. The van der Waals surface area contributed by atoms with Crippen molar-refractivity contribution in [3.8, 4) is 6.07 Å². The maximum Gasteiger partial charge on any atom is 0.249 e. The third-order valence-electron chi connectivity index (χ3n) is 6.66. The highest BCUT2D eigenvalue weighted by atomic mass is 32.1. The van der Waals surface area contributed by atoms with Crippen molar-refractivity contribution in [1.29, 1.82) is 5.26 Å². The minimum Gasteiger partial charge on any atom is -0.313 e. The quantitative estimate of drug-likeness (QED) is 0.515. The fourth-order valence-corrected chi connectivity index (χ4v) is 5.35. The second-order valence-corrected chi connectivity index (χ2v) is 10.4. The summed E-state index contributed by atoms with van der Waals surface area (Å²) in [6.45, 7) is 11.2. The number of thiophene rings is 1. The highest BCUT2D eigenvalue weighted by molar-refractivity contribution is 7.16. The van der Waals surface area contributed by atoms with Crippen LogP contribution in [0.15, 0.2) is 30.3 Å². The lowest BCUT2D eigenvalue weighted by Crippen LogP contribution is -2.28. The van der Waals surface area contributed by atoms with E-state index in [-0.39, 0.29) is 5.91 Å². The van der Waals surface area contributed by atoms with Gasteiger partial charge in [-0.25, -0.2) is 0 Å². The highest BCUT2D eigenvalue weighted by Crippen LogP contribution is 2.45. The number of fused-ring (bicyclic) bond motifs is 1. The average Bonchev–Trinajstić information content (AvgIpc) is 3.08. The van der Waals surface area contributed by atoms with E-state index in [9.17, 15) is 10.1 Å². The van der Waals surface area contributed by atoms with E-state index in [1.54, 1.807) is 17.4 Å². The van der Waals surface area contributed by atoms with Gasteiger partial charge in [-0.2, -0.15) is 5.26 Å². The molecular weight excluding hydrogens is 388 g/mol. The van der Waals surface area contributed by atoms with Crippen LogP contribution in [0.5, 0.6) is 0 Å². The number of hydrogen-bond donors (Lipinski definition) is 1. The zero-order chi connectivity index (χ0) is 21.9. The number of amides is 1. The van der Waals surface area contributed by atoms with Gasteiger partial charge in [0.1, 0.15) is 11.1 Å². The fourth-order valence-electron chi connectivity index (χ4n) is 4.07. The number of nitrogens with zero attached hydrogens (tertiary/aromatic N) is 1. The molecule has 1 aliphatic rings. The maximum atomic E-state index is 12.5. The predicted octanol–water partition coefficient (Wildman–Crippen LogP) is 6.94. The lowest BCUT2D eigenvalue weighted by atomic mass is 9.69. The van der Waals surface area contributed by atoms with Crippen LogP contribution in [0.25, 0.3) is 6.08 Å². The van der Waals surface area contributed by atoms with E-state index in [2.05, 4.69) is 58.1 Å². The molecule has 0 saturated heterocycles. The number of hydrogen-bond acceptors (Lipinski definition) is 3. The van der Waals surface area contributed by atoms with Crippen LogP contribution < -0.4 is 5.32 Å². The molecule has 1 aliphatic carbocycles. The van der Waals surface area contributed by atoms with Crippen molar-refractivity contribution >= 4 is 28.3 Å². The summed E-state index contributed by atoms with van der Waals surface area (Å²) in [5.41, 5.74) is 4.38. The summed E-state index contributed by atoms with van der Waals surface area (Å²) in [5, 5.41) is 13.4. The van der Waals surface area contributed by atoms with E-state index in [4.69, 9.17) is 0 Å². The Kier molecular flexibility index (Phi) is 6.83. The molecule has 1 heterocycles. The van der Waals surface area contributed by atoms with Crippen LogP contribution in [0.4, 0.5) is 5.00 Å². The Morgan fingerprint density at radius 2 is 2.03 bits per heavy atom. The Balaban J connectivity index is 1.72. The summed E-state index contributed by atoms with van der Waals surface area (Å²) in [7, 11) is 0. The van der Waals surface area contributed by atoms with Crippen LogP contribution in [-0.4, -0.2) is 5.91 Å². The second kappa shape index (κ2) is 9.18. The van der Waals surface area contributed by atoms with Gasteiger partial charge in [-0.05, 0) is 59.3 Å². The SMILES string of the molecule is CCC(C)(C)C1CCc2c(sc(NC(=O)/C=C/c3ccc(C(C)C)cc3)c2C#N)C1. The Morgan fingerprint density at radius 1 is 1.33 bits per heavy atom. The third kappa shape index (κ3) is 4.84. The van der Waals surface area contributed by atoms with E-state index in [0.717, 1.165) is 36.8 Å². The van der Waals surface area contributed by atoms with E-state index in [1.807, 2.05) is 18.2 Å². The molecule has 3 rings (SSSR count). The first-order valence-electron chi connectivity index (χ1n) is 10.9. The van der Waals surface area contributed by atoms with Crippen LogP contribution in [0.3, 0.4) is 0 Å². The summed E-state index contributed by atoms with van der Waals surface area (Å²) < 4.78 is 0. The summed E-state index contributed by atoms with van der Waals surface area (Å²) in [6, 6.07) is 10.6. The minimum absolute atomic E-state index is 0.191. The lowest BCUT2D eigenvalue weighted by molar-refractivity contribution is -0.111. The van der Waals surface area contributed by atoms with Gasteiger partial charge in [0.05, 0.1) is 5.56 Å². The Hall–Kier alpha value is -2.38. The number of carbonyl (C=O) groups is 1. The van der Waals surface area contributed by atoms with E-state index < -0.39 is 0 Å². The molecule has 1 N–H and O–H groups in total. The smallest absolute Gasteiger partial charge is 0.249 e. The van der Waals surface area contributed by atoms with Crippen LogP contribution in [0.1, 0.15) is 80.5 Å². The molecule has 1 aromatic heterocycles. The average molecular weight is 421 g/mol. The summed E-state index contributed by atoms with van der Waals surface area (Å²) in [5.74, 6) is 0.920. The van der Waals surface area contributed by atoms with Crippen molar-refractivity contribution in [3.05, 3.63) is 57.5 Å². The van der Waals surface area contributed by atoms with Crippen LogP contribution in [-0.2, 0) is 17.6 Å². The topological polar surface area (TPSA) is 52.9 Å². The minimum atomic E-state index is -0.191. The molecule has 30 heavy (non-hydrogen) atoms. The molecule has 0 radical (unpaired) electrons. The molecule has 0 saturated carbocycles. The number of anilines is 1. The number of nitrogens with one attached hydrogen (secondary N) is 1. The number of benzene rings is 1. The first-order chi connectivity index (χ1) is 14.2. The normalized spacial score (nSPS) is 16.5. The van der Waals surface area contributed by atoms with Crippen LogP contribution in [0, 0.1) is 22.7 Å². The zero-order valence-corrected chi connectivity index (χ0v) is 19.5. The molecule has 1 atom stereocenters. The molecule has 0 spiro atoms. The summed E-state index contributed by atoms with van der Waals surface area (Å²) in [4.78, 5) is 13.8. The van der Waals surface area contributed by atoms with Crippen molar-refractivity contribution in [2.45, 2.75) is 66.2 Å². The summed E-state index contributed by atoms with van der Waals surface area (Å²) >= 11 is 1.58. The van der Waals surface area contributed by atoms with Gasteiger partial charge in [0, 0.05) is 11.0 Å². The van der Waals surface area contributed by atoms with Crippen molar-refractivity contribution in [3.63, 3.8) is 0 Å². The van der Waals surface area contributed by atoms with Gasteiger partial charge in [-0.15, -0.1) is 11.3 Å².